The summed E-state index contributed by atoms with van der Waals surface area (Å²) >= 11 is 0. The number of rotatable bonds is 4. The second kappa shape index (κ2) is 7.04. The molecule has 0 bridgehead atoms. The quantitative estimate of drug-likeness (QED) is 0.553. The average Bonchev–Trinajstić information content (AvgIpc) is 3.34. The van der Waals surface area contributed by atoms with E-state index in [0.717, 1.165) is 53.1 Å². The van der Waals surface area contributed by atoms with Crippen LogP contribution in [0.3, 0.4) is 0 Å². The van der Waals surface area contributed by atoms with Crippen LogP contribution in [0.5, 0.6) is 0 Å². The van der Waals surface area contributed by atoms with Gasteiger partial charge in [-0.15, -0.1) is 0 Å². The Morgan fingerprint density at radius 2 is 2.14 bits per heavy atom. The molecular formula is C23H24N4O2. The standard InChI is InChI=1S/C23H24N4O2/c1-14-8-9-19-16(11-14)12-18(23(28)25-19)21-22(24-13-17-6-4-10-29-17)27-15(2)5-3-7-20(27)26-21/h3,5,7-9,11-12,17,24H,4,6,10,13H2,1-2H3,(H,25,28)/t17-/m0/s1. The summed E-state index contributed by atoms with van der Waals surface area (Å²) in [5.41, 5.74) is 4.96. The van der Waals surface area contributed by atoms with Gasteiger partial charge in [0.25, 0.3) is 5.56 Å². The Labute approximate surface area is 168 Å². The van der Waals surface area contributed by atoms with Crippen LogP contribution < -0.4 is 10.9 Å². The zero-order valence-corrected chi connectivity index (χ0v) is 16.7. The van der Waals surface area contributed by atoms with Crippen LogP contribution in [0.4, 0.5) is 5.82 Å². The van der Waals surface area contributed by atoms with Gasteiger partial charge in [0, 0.05) is 24.4 Å². The van der Waals surface area contributed by atoms with Crippen LogP contribution in [0, 0.1) is 13.8 Å². The smallest absolute Gasteiger partial charge is 0.258 e. The Kier molecular flexibility index (Phi) is 4.36. The molecule has 1 fully saturated rings. The molecule has 6 heteroatoms. The first kappa shape index (κ1) is 17.9. The molecule has 2 N–H and O–H groups in total. The number of imidazole rings is 1. The lowest BCUT2D eigenvalue weighted by Crippen LogP contribution is -2.20. The molecular weight excluding hydrogens is 364 g/mol. The van der Waals surface area contributed by atoms with Gasteiger partial charge in [0.2, 0.25) is 0 Å². The van der Waals surface area contributed by atoms with Gasteiger partial charge in [0.05, 0.1) is 11.7 Å². The highest BCUT2D eigenvalue weighted by Crippen LogP contribution is 2.30. The largest absolute Gasteiger partial charge is 0.376 e. The van der Waals surface area contributed by atoms with Gasteiger partial charge >= 0.3 is 0 Å². The number of hydrogen-bond donors (Lipinski definition) is 2. The molecule has 4 heterocycles. The van der Waals surface area contributed by atoms with Gasteiger partial charge in [-0.2, -0.15) is 0 Å². The fraction of sp³-hybridized carbons (Fsp3) is 0.304. The number of aromatic nitrogens is 3. The highest BCUT2D eigenvalue weighted by atomic mass is 16.5. The minimum absolute atomic E-state index is 0.137. The molecule has 4 aromatic rings. The normalized spacial score (nSPS) is 16.7. The molecule has 0 radical (unpaired) electrons. The summed E-state index contributed by atoms with van der Waals surface area (Å²) in [5, 5.41) is 4.53. The van der Waals surface area contributed by atoms with Crippen LogP contribution in [0.25, 0.3) is 27.8 Å². The number of pyridine rings is 2. The van der Waals surface area contributed by atoms with Crippen molar-refractivity contribution in [3.8, 4) is 11.3 Å². The van der Waals surface area contributed by atoms with Crippen molar-refractivity contribution in [3.05, 3.63) is 64.1 Å². The molecule has 1 atom stereocenters. The summed E-state index contributed by atoms with van der Waals surface area (Å²) in [5.74, 6) is 0.839. The van der Waals surface area contributed by atoms with Gasteiger partial charge < -0.3 is 15.0 Å². The number of nitrogens with one attached hydrogen (secondary N) is 2. The number of aromatic amines is 1. The molecule has 0 aliphatic carbocycles. The van der Waals surface area contributed by atoms with Gasteiger partial charge in [0.15, 0.2) is 0 Å². The van der Waals surface area contributed by atoms with E-state index in [1.165, 1.54) is 0 Å². The van der Waals surface area contributed by atoms with Crippen molar-refractivity contribution in [2.24, 2.45) is 0 Å². The van der Waals surface area contributed by atoms with Crippen LogP contribution in [0.15, 0.2) is 47.3 Å². The van der Waals surface area contributed by atoms with E-state index in [4.69, 9.17) is 9.72 Å². The van der Waals surface area contributed by atoms with Crippen molar-refractivity contribution in [2.75, 3.05) is 18.5 Å². The summed E-state index contributed by atoms with van der Waals surface area (Å²) in [6, 6.07) is 14.0. The summed E-state index contributed by atoms with van der Waals surface area (Å²) in [6.07, 6.45) is 2.33. The summed E-state index contributed by atoms with van der Waals surface area (Å²) in [7, 11) is 0. The molecule has 6 nitrogen and oxygen atoms in total. The number of nitrogens with zero attached hydrogens (tertiary/aromatic N) is 2. The van der Waals surface area contributed by atoms with Crippen molar-refractivity contribution in [3.63, 3.8) is 0 Å². The zero-order valence-electron chi connectivity index (χ0n) is 16.7. The van der Waals surface area contributed by atoms with E-state index < -0.39 is 0 Å². The molecule has 1 aromatic carbocycles. The maximum atomic E-state index is 12.9. The van der Waals surface area contributed by atoms with Crippen LogP contribution in [0.1, 0.15) is 24.1 Å². The molecule has 1 saturated heterocycles. The predicted molar refractivity (Wildman–Crippen MR) is 116 cm³/mol. The zero-order chi connectivity index (χ0) is 20.0. The Balaban J connectivity index is 1.68. The van der Waals surface area contributed by atoms with Crippen molar-refractivity contribution in [1.29, 1.82) is 0 Å². The van der Waals surface area contributed by atoms with E-state index in [-0.39, 0.29) is 11.7 Å². The molecule has 0 spiro atoms. The Morgan fingerprint density at radius 3 is 2.97 bits per heavy atom. The monoisotopic (exact) mass is 388 g/mol. The van der Waals surface area contributed by atoms with Crippen molar-refractivity contribution < 1.29 is 4.74 Å². The number of benzene rings is 1. The molecule has 148 valence electrons. The minimum atomic E-state index is -0.137. The highest BCUT2D eigenvalue weighted by Gasteiger charge is 2.21. The third-order valence-corrected chi connectivity index (χ3v) is 5.61. The predicted octanol–water partition coefficient (Wildman–Crippen LogP) is 4.05. The number of aryl methyl sites for hydroxylation is 2. The van der Waals surface area contributed by atoms with Gasteiger partial charge in [-0.1, -0.05) is 17.7 Å². The first-order valence-electron chi connectivity index (χ1n) is 10.1. The first-order valence-corrected chi connectivity index (χ1v) is 10.1. The summed E-state index contributed by atoms with van der Waals surface area (Å²) in [4.78, 5) is 20.8. The Morgan fingerprint density at radius 1 is 1.24 bits per heavy atom. The van der Waals surface area contributed by atoms with E-state index in [0.29, 0.717) is 17.8 Å². The third-order valence-electron chi connectivity index (χ3n) is 5.61. The minimum Gasteiger partial charge on any atom is -0.376 e. The highest BCUT2D eigenvalue weighted by molar-refractivity contribution is 5.86. The summed E-state index contributed by atoms with van der Waals surface area (Å²) < 4.78 is 7.85. The van der Waals surface area contributed by atoms with Gasteiger partial charge in [-0.3, -0.25) is 9.20 Å². The number of anilines is 1. The number of H-pyrrole nitrogens is 1. The molecule has 29 heavy (non-hydrogen) atoms. The molecule has 1 aliphatic rings. The molecule has 1 aliphatic heterocycles. The lowest BCUT2D eigenvalue weighted by Gasteiger charge is -2.14. The Bertz CT molecular complexity index is 1270. The second-order valence-electron chi connectivity index (χ2n) is 7.79. The van der Waals surface area contributed by atoms with E-state index in [1.54, 1.807) is 0 Å². The number of hydrogen-bond acceptors (Lipinski definition) is 4. The summed E-state index contributed by atoms with van der Waals surface area (Å²) in [6.45, 7) is 5.60. The van der Waals surface area contributed by atoms with Crippen molar-refractivity contribution >= 4 is 22.4 Å². The fourth-order valence-electron chi connectivity index (χ4n) is 4.12. The lowest BCUT2D eigenvalue weighted by atomic mass is 10.1. The topological polar surface area (TPSA) is 71.4 Å². The molecule has 0 amide bonds. The SMILES string of the molecule is Cc1ccc2[nH]c(=O)c(-c3nc4cccc(C)n4c3NC[C@@H]3CCCO3)cc2c1. The first-order chi connectivity index (χ1) is 14.1. The fourth-order valence-corrected chi connectivity index (χ4v) is 4.12. The van der Waals surface area contributed by atoms with Gasteiger partial charge in [0.1, 0.15) is 17.2 Å². The maximum absolute atomic E-state index is 12.9. The lowest BCUT2D eigenvalue weighted by molar-refractivity contribution is 0.120. The van der Waals surface area contributed by atoms with Crippen molar-refractivity contribution in [2.45, 2.75) is 32.8 Å². The van der Waals surface area contributed by atoms with Crippen LogP contribution in [-0.4, -0.2) is 33.6 Å². The number of fused-ring (bicyclic) bond motifs is 2. The molecule has 3 aromatic heterocycles. The van der Waals surface area contributed by atoms with E-state index in [1.807, 2.05) is 50.2 Å². The number of ether oxygens (including phenoxy) is 1. The third kappa shape index (κ3) is 3.19. The van der Waals surface area contributed by atoms with Crippen LogP contribution in [-0.2, 0) is 4.74 Å². The van der Waals surface area contributed by atoms with Crippen LogP contribution >= 0.6 is 0 Å². The van der Waals surface area contributed by atoms with E-state index in [9.17, 15) is 4.79 Å². The van der Waals surface area contributed by atoms with Crippen LogP contribution in [0.2, 0.25) is 0 Å². The Hall–Kier alpha value is -3.12. The van der Waals surface area contributed by atoms with Gasteiger partial charge in [-0.25, -0.2) is 4.98 Å². The molecule has 5 rings (SSSR count). The van der Waals surface area contributed by atoms with Crippen molar-refractivity contribution in [1.82, 2.24) is 14.4 Å². The average molecular weight is 388 g/mol. The molecule has 0 saturated carbocycles. The van der Waals surface area contributed by atoms with Gasteiger partial charge in [-0.05, 0) is 62.4 Å². The van der Waals surface area contributed by atoms with E-state index >= 15 is 0 Å². The molecule has 0 unspecified atom stereocenters. The van der Waals surface area contributed by atoms with E-state index in [2.05, 4.69) is 20.8 Å². The maximum Gasteiger partial charge on any atom is 0.258 e. The second-order valence-corrected chi connectivity index (χ2v) is 7.79.